The third-order valence-corrected chi connectivity index (χ3v) is 3.33. The largest absolute Gasteiger partial charge is 0.479 e. The summed E-state index contributed by atoms with van der Waals surface area (Å²) in [6, 6.07) is 8.87. The minimum atomic E-state index is -1.38. The van der Waals surface area contributed by atoms with Gasteiger partial charge in [0.1, 0.15) is 5.02 Å². The van der Waals surface area contributed by atoms with Gasteiger partial charge in [0.2, 0.25) is 0 Å². The number of ether oxygens (including phenoxy) is 1. The van der Waals surface area contributed by atoms with Crippen LogP contribution in [0.1, 0.15) is 12.5 Å². The molecule has 21 heavy (non-hydrogen) atoms. The number of rotatable bonds is 5. The molecule has 0 amide bonds. The van der Waals surface area contributed by atoms with Crippen molar-refractivity contribution in [2.24, 2.45) is 0 Å². The molecule has 2 aromatic rings. The van der Waals surface area contributed by atoms with Crippen LogP contribution in [0.25, 0.3) is 0 Å². The summed E-state index contributed by atoms with van der Waals surface area (Å²) in [5.41, 5.74) is -0.810. The van der Waals surface area contributed by atoms with Gasteiger partial charge in [0.15, 0.2) is 11.4 Å². The van der Waals surface area contributed by atoms with Crippen molar-refractivity contribution in [2.45, 2.75) is 12.5 Å². The molecule has 0 aliphatic carbocycles. The Kier molecular flexibility index (Phi) is 4.28. The molecule has 0 fully saturated rings. The number of benzene rings is 1. The van der Waals surface area contributed by atoms with Gasteiger partial charge in [-0.3, -0.25) is 0 Å². The van der Waals surface area contributed by atoms with E-state index >= 15 is 0 Å². The number of carbonyl (C=O) groups is 1. The molecule has 0 saturated heterocycles. The first-order valence-corrected chi connectivity index (χ1v) is 6.49. The van der Waals surface area contributed by atoms with E-state index in [0.717, 1.165) is 0 Å². The number of aliphatic carboxylic acids is 1. The quantitative estimate of drug-likeness (QED) is 0.883. The molecule has 0 bridgehead atoms. The second-order valence-electron chi connectivity index (χ2n) is 4.47. The normalized spacial score (nSPS) is 13.3. The topological polar surface area (TPSA) is 84.3 Å². The molecule has 2 rings (SSSR count). The molecule has 0 saturated carbocycles. The Morgan fingerprint density at radius 2 is 2.05 bits per heavy atom. The van der Waals surface area contributed by atoms with Crippen LogP contribution in [0.4, 0.5) is 5.82 Å². The van der Waals surface area contributed by atoms with Gasteiger partial charge in [0.05, 0.1) is 13.3 Å². The van der Waals surface area contributed by atoms with Crippen LogP contribution in [-0.4, -0.2) is 28.2 Å². The van der Waals surface area contributed by atoms with E-state index < -0.39 is 11.5 Å². The zero-order chi connectivity index (χ0) is 15.5. The van der Waals surface area contributed by atoms with Gasteiger partial charge in [-0.15, -0.1) is 0 Å². The van der Waals surface area contributed by atoms with Crippen molar-refractivity contribution in [3.05, 3.63) is 47.1 Å². The van der Waals surface area contributed by atoms with Crippen molar-refractivity contribution in [3.63, 3.8) is 0 Å². The van der Waals surface area contributed by atoms with Gasteiger partial charge >= 0.3 is 12.0 Å². The van der Waals surface area contributed by atoms with E-state index in [1.54, 1.807) is 24.3 Å². The summed E-state index contributed by atoms with van der Waals surface area (Å²) >= 11 is 6.02. The van der Waals surface area contributed by atoms with Crippen molar-refractivity contribution < 1.29 is 14.6 Å². The molecule has 0 aliphatic rings. The number of nitrogens with one attached hydrogen (secondary N) is 1. The first-order chi connectivity index (χ1) is 9.97. The maximum Gasteiger partial charge on any atom is 0.333 e. The highest BCUT2D eigenvalue weighted by Gasteiger charge is 2.36. The molecule has 7 heteroatoms. The van der Waals surface area contributed by atoms with Crippen LogP contribution >= 0.6 is 11.6 Å². The summed E-state index contributed by atoms with van der Waals surface area (Å²) in [6.45, 7) is 1.54. The fourth-order valence-electron chi connectivity index (χ4n) is 1.79. The number of hydrogen-bond acceptors (Lipinski definition) is 5. The Labute approximate surface area is 126 Å². The van der Waals surface area contributed by atoms with Crippen molar-refractivity contribution in [2.75, 3.05) is 12.4 Å². The van der Waals surface area contributed by atoms with E-state index in [1.165, 1.54) is 20.2 Å². The Morgan fingerprint density at radius 3 is 2.62 bits per heavy atom. The molecule has 1 atom stereocenters. The number of hydrogen-bond donors (Lipinski definition) is 2. The molecular formula is C14H14ClN3O3. The third kappa shape index (κ3) is 3.05. The first-order valence-electron chi connectivity index (χ1n) is 6.11. The first kappa shape index (κ1) is 15.1. The summed E-state index contributed by atoms with van der Waals surface area (Å²) in [7, 11) is 1.42. The Bertz CT molecular complexity index is 651. The lowest BCUT2D eigenvalue weighted by atomic mass is 9.92. The van der Waals surface area contributed by atoms with Gasteiger partial charge in [-0.2, -0.15) is 4.98 Å². The molecule has 1 unspecified atom stereocenters. The second-order valence-corrected chi connectivity index (χ2v) is 4.88. The molecule has 1 aromatic carbocycles. The number of halogens is 1. The molecule has 0 aliphatic heterocycles. The third-order valence-electron chi connectivity index (χ3n) is 3.05. The highest BCUT2D eigenvalue weighted by molar-refractivity contribution is 6.32. The predicted molar refractivity (Wildman–Crippen MR) is 78.6 cm³/mol. The number of anilines is 1. The molecule has 1 aromatic heterocycles. The highest BCUT2D eigenvalue weighted by Crippen LogP contribution is 2.29. The fraction of sp³-hybridized carbons (Fsp3) is 0.214. The summed E-state index contributed by atoms with van der Waals surface area (Å²) in [5.74, 6) is -0.861. The van der Waals surface area contributed by atoms with Gasteiger partial charge in [-0.05, 0) is 12.5 Å². The summed E-state index contributed by atoms with van der Waals surface area (Å²) in [6.07, 6.45) is 1.35. The molecular weight excluding hydrogens is 294 g/mol. The molecule has 1 heterocycles. The van der Waals surface area contributed by atoms with Crippen LogP contribution in [0, 0.1) is 0 Å². The average Bonchev–Trinajstić information content (AvgIpc) is 2.50. The van der Waals surface area contributed by atoms with E-state index in [0.29, 0.717) is 5.56 Å². The lowest BCUT2D eigenvalue weighted by Crippen LogP contribution is -2.40. The Balaban J connectivity index is 2.44. The number of aromatic nitrogens is 2. The Morgan fingerprint density at radius 1 is 1.38 bits per heavy atom. The summed E-state index contributed by atoms with van der Waals surface area (Å²) in [5, 5.41) is 12.6. The summed E-state index contributed by atoms with van der Waals surface area (Å²) in [4.78, 5) is 19.6. The van der Waals surface area contributed by atoms with Crippen LogP contribution < -0.4 is 10.1 Å². The van der Waals surface area contributed by atoms with Crippen LogP contribution in [0.3, 0.4) is 0 Å². The summed E-state index contributed by atoms with van der Waals surface area (Å²) < 4.78 is 4.92. The van der Waals surface area contributed by atoms with Crippen molar-refractivity contribution >= 4 is 23.4 Å². The number of carboxylic acid groups (broad SMARTS) is 1. The van der Waals surface area contributed by atoms with E-state index in [2.05, 4.69) is 15.3 Å². The SMILES string of the molecule is COc1ncc(Cl)c(NC(C)(C(=O)O)c2ccccc2)n1. The van der Waals surface area contributed by atoms with Crippen LogP contribution in [-0.2, 0) is 10.3 Å². The standard InChI is InChI=1S/C14H14ClN3O3/c1-14(12(19)20,9-6-4-3-5-7-9)18-11-10(15)8-16-13(17-11)21-2/h3-8H,1-2H3,(H,19,20)(H,16,17,18). The van der Waals surface area contributed by atoms with Gasteiger partial charge < -0.3 is 15.2 Å². The van der Waals surface area contributed by atoms with Gasteiger partial charge in [-0.25, -0.2) is 9.78 Å². The number of methoxy groups -OCH3 is 1. The van der Waals surface area contributed by atoms with E-state index in [1.807, 2.05) is 6.07 Å². The van der Waals surface area contributed by atoms with Gasteiger partial charge in [-0.1, -0.05) is 41.9 Å². The molecule has 2 N–H and O–H groups in total. The highest BCUT2D eigenvalue weighted by atomic mass is 35.5. The molecule has 0 radical (unpaired) electrons. The fourth-order valence-corrected chi connectivity index (χ4v) is 1.93. The lowest BCUT2D eigenvalue weighted by molar-refractivity contribution is -0.142. The molecule has 110 valence electrons. The predicted octanol–water partition coefficient (Wildman–Crippen LogP) is 2.55. The van der Waals surface area contributed by atoms with Crippen molar-refractivity contribution in [3.8, 4) is 6.01 Å². The Hall–Kier alpha value is -2.34. The van der Waals surface area contributed by atoms with Gasteiger partial charge in [0.25, 0.3) is 0 Å². The lowest BCUT2D eigenvalue weighted by Gasteiger charge is -2.27. The van der Waals surface area contributed by atoms with Crippen LogP contribution in [0.15, 0.2) is 36.5 Å². The average molecular weight is 308 g/mol. The second kappa shape index (κ2) is 5.97. The van der Waals surface area contributed by atoms with Crippen LogP contribution in [0.5, 0.6) is 6.01 Å². The maximum absolute atomic E-state index is 11.7. The van der Waals surface area contributed by atoms with Crippen molar-refractivity contribution in [1.82, 2.24) is 9.97 Å². The van der Waals surface area contributed by atoms with Crippen LogP contribution in [0.2, 0.25) is 5.02 Å². The minimum Gasteiger partial charge on any atom is -0.479 e. The monoisotopic (exact) mass is 307 g/mol. The smallest absolute Gasteiger partial charge is 0.333 e. The van der Waals surface area contributed by atoms with E-state index in [4.69, 9.17) is 16.3 Å². The van der Waals surface area contributed by atoms with Gasteiger partial charge in [0, 0.05) is 0 Å². The number of carboxylic acids is 1. The minimum absolute atomic E-state index is 0.0997. The zero-order valence-corrected chi connectivity index (χ0v) is 12.3. The molecule has 6 nitrogen and oxygen atoms in total. The maximum atomic E-state index is 11.7. The number of nitrogens with zero attached hydrogens (tertiary/aromatic N) is 2. The van der Waals surface area contributed by atoms with E-state index in [9.17, 15) is 9.90 Å². The van der Waals surface area contributed by atoms with Crippen molar-refractivity contribution in [1.29, 1.82) is 0 Å². The van der Waals surface area contributed by atoms with E-state index in [-0.39, 0.29) is 16.9 Å². The zero-order valence-electron chi connectivity index (χ0n) is 11.5. The molecule has 0 spiro atoms.